The number of rotatable bonds is 4. The van der Waals surface area contributed by atoms with E-state index in [1.165, 1.54) is 39.9 Å². The number of thioether (sulfide) groups is 1. The van der Waals surface area contributed by atoms with E-state index < -0.39 is 0 Å². The molecular weight excluding hydrogens is 298 g/mol. The van der Waals surface area contributed by atoms with Crippen LogP contribution in [-0.4, -0.2) is 18.1 Å². The molecule has 0 aromatic heterocycles. The number of hydrogen-bond acceptors (Lipinski definition) is 3. The van der Waals surface area contributed by atoms with Gasteiger partial charge in [0.2, 0.25) is 0 Å². The van der Waals surface area contributed by atoms with Gasteiger partial charge in [-0.25, -0.2) is 5.90 Å². The van der Waals surface area contributed by atoms with Crippen LogP contribution in [0, 0.1) is 0 Å². The highest BCUT2D eigenvalue weighted by Gasteiger charge is 2.17. The van der Waals surface area contributed by atoms with Gasteiger partial charge in [-0.3, -0.25) is 0 Å². The summed E-state index contributed by atoms with van der Waals surface area (Å²) in [5.41, 5.74) is 2.74. The summed E-state index contributed by atoms with van der Waals surface area (Å²) in [6.07, 6.45) is 3.47. The monoisotopic (exact) mass is 315 g/mol. The van der Waals surface area contributed by atoms with Gasteiger partial charge in [-0.15, -0.1) is 0 Å². The minimum absolute atomic E-state index is 0.575. The summed E-state index contributed by atoms with van der Waals surface area (Å²) in [7, 11) is 0. The summed E-state index contributed by atoms with van der Waals surface area (Å²) in [6.45, 7) is 0.575. The zero-order valence-electron chi connectivity index (χ0n) is 9.82. The third-order valence-corrected chi connectivity index (χ3v) is 4.97. The van der Waals surface area contributed by atoms with Gasteiger partial charge in [0.05, 0.1) is 6.61 Å². The Bertz CT molecular complexity index is 366. The lowest BCUT2D eigenvalue weighted by Crippen LogP contribution is -2.09. The maximum absolute atomic E-state index is 5.05. The fourth-order valence-corrected chi connectivity index (χ4v) is 4.10. The second-order valence-corrected chi connectivity index (χ2v) is 6.44. The van der Waals surface area contributed by atoms with Crippen molar-refractivity contribution in [3.63, 3.8) is 0 Å². The van der Waals surface area contributed by atoms with Crippen LogP contribution in [0.25, 0.3) is 0 Å². The summed E-state index contributed by atoms with van der Waals surface area (Å²) >= 11 is 5.76. The molecule has 0 saturated carbocycles. The smallest absolute Gasteiger partial charge is 0.0719 e. The third-order valence-electron chi connectivity index (χ3n) is 3.23. The minimum Gasteiger partial charge on any atom is -0.304 e. The second kappa shape index (κ2) is 6.78. The lowest BCUT2D eigenvalue weighted by Gasteiger charge is -2.23. The van der Waals surface area contributed by atoms with Gasteiger partial charge in [-0.2, -0.15) is 11.8 Å². The number of hydrogen-bond donors (Lipinski definition) is 1. The third kappa shape index (κ3) is 3.71. The Hall–Kier alpha value is -0.0300. The largest absolute Gasteiger partial charge is 0.304 e. The Kier molecular flexibility index (Phi) is 5.35. The number of halogens is 1. The SMILES string of the molecule is NOCCc1ccc(C2CCSCC2)c(Br)c1. The van der Waals surface area contributed by atoms with E-state index in [1.807, 2.05) is 0 Å². The average molecular weight is 316 g/mol. The standard InChI is InChI=1S/C13H18BrNOS/c14-13-9-10(3-6-16-15)1-2-12(13)11-4-7-17-8-5-11/h1-2,9,11H,3-8,15H2. The maximum atomic E-state index is 5.05. The highest BCUT2D eigenvalue weighted by molar-refractivity contribution is 9.10. The molecule has 1 aromatic rings. The van der Waals surface area contributed by atoms with Gasteiger partial charge in [-0.05, 0) is 53.9 Å². The molecule has 1 heterocycles. The molecule has 1 saturated heterocycles. The van der Waals surface area contributed by atoms with Crippen LogP contribution in [0.2, 0.25) is 0 Å². The molecule has 0 bridgehead atoms. The van der Waals surface area contributed by atoms with Crippen LogP contribution in [0.4, 0.5) is 0 Å². The Labute approximate surface area is 115 Å². The van der Waals surface area contributed by atoms with E-state index >= 15 is 0 Å². The quantitative estimate of drug-likeness (QED) is 0.864. The van der Waals surface area contributed by atoms with Crippen molar-refractivity contribution in [3.05, 3.63) is 33.8 Å². The van der Waals surface area contributed by atoms with Gasteiger partial charge in [0.15, 0.2) is 0 Å². The molecule has 0 radical (unpaired) electrons. The minimum atomic E-state index is 0.575. The van der Waals surface area contributed by atoms with Crippen LogP contribution in [-0.2, 0) is 11.3 Å². The molecule has 1 aliphatic rings. The molecule has 2 nitrogen and oxygen atoms in total. The van der Waals surface area contributed by atoms with E-state index in [0.29, 0.717) is 6.61 Å². The highest BCUT2D eigenvalue weighted by atomic mass is 79.9. The summed E-state index contributed by atoms with van der Waals surface area (Å²) < 4.78 is 1.24. The average Bonchev–Trinajstić information content (AvgIpc) is 2.37. The molecule has 0 amide bonds. The van der Waals surface area contributed by atoms with Crippen molar-refractivity contribution in [2.45, 2.75) is 25.2 Å². The predicted octanol–water partition coefficient (Wildman–Crippen LogP) is 3.49. The van der Waals surface area contributed by atoms with Crippen molar-refractivity contribution in [2.24, 2.45) is 5.90 Å². The van der Waals surface area contributed by atoms with Crippen LogP contribution in [0.1, 0.15) is 29.9 Å². The van der Waals surface area contributed by atoms with E-state index in [4.69, 9.17) is 5.90 Å². The molecule has 2 rings (SSSR count). The Morgan fingerprint density at radius 3 is 2.76 bits per heavy atom. The summed E-state index contributed by atoms with van der Waals surface area (Å²) in [5.74, 6) is 8.36. The van der Waals surface area contributed by atoms with Crippen LogP contribution in [0.5, 0.6) is 0 Å². The normalized spacial score (nSPS) is 17.3. The molecule has 1 aromatic carbocycles. The molecular formula is C13H18BrNOS. The molecule has 2 N–H and O–H groups in total. The molecule has 1 aliphatic heterocycles. The van der Waals surface area contributed by atoms with Crippen molar-refractivity contribution in [1.29, 1.82) is 0 Å². The second-order valence-electron chi connectivity index (χ2n) is 4.36. The van der Waals surface area contributed by atoms with Gasteiger partial charge in [-0.1, -0.05) is 28.1 Å². The van der Waals surface area contributed by atoms with Crippen molar-refractivity contribution >= 4 is 27.7 Å². The maximum Gasteiger partial charge on any atom is 0.0719 e. The molecule has 0 spiro atoms. The first-order valence-corrected chi connectivity index (χ1v) is 7.94. The van der Waals surface area contributed by atoms with Crippen LogP contribution < -0.4 is 5.90 Å². The Morgan fingerprint density at radius 1 is 1.35 bits per heavy atom. The van der Waals surface area contributed by atoms with Gasteiger partial charge in [0.1, 0.15) is 0 Å². The highest BCUT2D eigenvalue weighted by Crippen LogP contribution is 2.35. The number of benzene rings is 1. The van der Waals surface area contributed by atoms with Gasteiger partial charge < -0.3 is 4.84 Å². The van der Waals surface area contributed by atoms with E-state index in [1.54, 1.807) is 0 Å². The molecule has 0 atom stereocenters. The van der Waals surface area contributed by atoms with E-state index in [-0.39, 0.29) is 0 Å². The van der Waals surface area contributed by atoms with Crippen molar-refractivity contribution < 1.29 is 4.84 Å². The lowest BCUT2D eigenvalue weighted by atomic mass is 9.92. The summed E-state index contributed by atoms with van der Waals surface area (Å²) in [6, 6.07) is 6.66. The summed E-state index contributed by atoms with van der Waals surface area (Å²) in [5, 5.41) is 0. The molecule has 1 fully saturated rings. The van der Waals surface area contributed by atoms with Gasteiger partial charge >= 0.3 is 0 Å². The zero-order chi connectivity index (χ0) is 12.1. The van der Waals surface area contributed by atoms with Gasteiger partial charge in [0.25, 0.3) is 0 Å². The molecule has 4 heteroatoms. The van der Waals surface area contributed by atoms with E-state index in [0.717, 1.165) is 12.3 Å². The van der Waals surface area contributed by atoms with E-state index in [2.05, 4.69) is 50.7 Å². The first-order valence-electron chi connectivity index (χ1n) is 5.99. The topological polar surface area (TPSA) is 35.2 Å². The van der Waals surface area contributed by atoms with E-state index in [9.17, 15) is 0 Å². The van der Waals surface area contributed by atoms with Crippen molar-refractivity contribution in [2.75, 3.05) is 18.1 Å². The fourth-order valence-electron chi connectivity index (χ4n) is 2.24. The Morgan fingerprint density at radius 2 is 2.12 bits per heavy atom. The van der Waals surface area contributed by atoms with Crippen molar-refractivity contribution in [1.82, 2.24) is 0 Å². The molecule has 0 aliphatic carbocycles. The predicted molar refractivity (Wildman–Crippen MR) is 77.3 cm³/mol. The molecule has 17 heavy (non-hydrogen) atoms. The fraction of sp³-hybridized carbons (Fsp3) is 0.538. The van der Waals surface area contributed by atoms with Crippen LogP contribution >= 0.6 is 27.7 Å². The zero-order valence-corrected chi connectivity index (χ0v) is 12.2. The first-order chi connectivity index (χ1) is 8.31. The lowest BCUT2D eigenvalue weighted by molar-refractivity contribution is 0.141. The van der Waals surface area contributed by atoms with Crippen molar-refractivity contribution in [3.8, 4) is 0 Å². The Balaban J connectivity index is 2.07. The van der Waals surface area contributed by atoms with Crippen LogP contribution in [0.3, 0.4) is 0 Å². The number of nitrogens with two attached hydrogens (primary N) is 1. The molecule has 94 valence electrons. The first kappa shape index (κ1) is 13.4. The summed E-state index contributed by atoms with van der Waals surface area (Å²) in [4.78, 5) is 4.61. The van der Waals surface area contributed by atoms with Crippen LogP contribution in [0.15, 0.2) is 22.7 Å². The molecule has 0 unspecified atom stereocenters. The van der Waals surface area contributed by atoms with Gasteiger partial charge in [0, 0.05) is 4.47 Å².